The lowest BCUT2D eigenvalue weighted by molar-refractivity contribution is -0.111. The van der Waals surface area contributed by atoms with Crippen LogP contribution in [0.5, 0.6) is 0 Å². The number of H-pyrrole nitrogens is 1. The van der Waals surface area contributed by atoms with Crippen molar-refractivity contribution in [3.63, 3.8) is 0 Å². The van der Waals surface area contributed by atoms with Gasteiger partial charge in [0.05, 0.1) is 18.5 Å². The van der Waals surface area contributed by atoms with E-state index in [1.54, 1.807) is 6.08 Å². The summed E-state index contributed by atoms with van der Waals surface area (Å²) in [4.78, 5) is 12.0. The summed E-state index contributed by atoms with van der Waals surface area (Å²) < 4.78 is 24.5. The Morgan fingerprint density at radius 3 is 2.74 bits per heavy atom. The van der Waals surface area contributed by atoms with Crippen molar-refractivity contribution in [2.45, 2.75) is 13.1 Å². The molecule has 1 aliphatic heterocycles. The Hall–Kier alpha value is -2.45. The molecule has 3 rings (SSSR count). The SMILES string of the molecule is CS(=O)(=O)N1Cc2[nH]nc(NC(=O)/C=C/c3ccccc3)c2C1. The quantitative estimate of drug-likeness (QED) is 0.826. The second-order valence-electron chi connectivity index (χ2n) is 5.29. The third kappa shape index (κ3) is 3.49. The van der Waals surface area contributed by atoms with E-state index in [9.17, 15) is 13.2 Å². The molecule has 0 radical (unpaired) electrons. The molecule has 0 saturated carbocycles. The van der Waals surface area contributed by atoms with E-state index in [0.717, 1.165) is 11.8 Å². The number of carbonyl (C=O) groups is 1. The summed E-state index contributed by atoms with van der Waals surface area (Å²) >= 11 is 0. The lowest BCUT2D eigenvalue weighted by atomic mass is 10.2. The number of sulfonamides is 1. The zero-order chi connectivity index (χ0) is 16.4. The predicted molar refractivity (Wildman–Crippen MR) is 86.8 cm³/mol. The average molecular weight is 332 g/mol. The van der Waals surface area contributed by atoms with Gasteiger partial charge < -0.3 is 5.32 Å². The largest absolute Gasteiger partial charge is 0.305 e. The molecule has 0 atom stereocenters. The molecule has 1 aromatic carbocycles. The van der Waals surface area contributed by atoms with Crippen molar-refractivity contribution in [1.29, 1.82) is 0 Å². The van der Waals surface area contributed by atoms with Crippen LogP contribution in [-0.4, -0.2) is 35.1 Å². The van der Waals surface area contributed by atoms with Gasteiger partial charge in [0.15, 0.2) is 5.82 Å². The number of nitrogens with one attached hydrogen (secondary N) is 2. The van der Waals surface area contributed by atoms with E-state index >= 15 is 0 Å². The molecule has 1 amide bonds. The molecule has 0 spiro atoms. The molecule has 0 fully saturated rings. The van der Waals surface area contributed by atoms with Gasteiger partial charge in [0, 0.05) is 18.2 Å². The summed E-state index contributed by atoms with van der Waals surface area (Å²) in [5, 5.41) is 9.48. The van der Waals surface area contributed by atoms with Crippen LogP contribution >= 0.6 is 0 Å². The Labute approximate surface area is 134 Å². The zero-order valence-electron chi connectivity index (χ0n) is 12.5. The standard InChI is InChI=1S/C15H16N4O3S/c1-23(21,22)19-9-12-13(10-19)17-18-15(12)16-14(20)8-7-11-5-3-2-4-6-11/h2-8H,9-10H2,1H3,(H2,16,17,18,20)/b8-7+. The molecule has 2 aromatic rings. The average Bonchev–Trinajstić information content (AvgIpc) is 3.08. The minimum atomic E-state index is -3.27. The highest BCUT2D eigenvalue weighted by molar-refractivity contribution is 7.88. The van der Waals surface area contributed by atoms with E-state index in [0.29, 0.717) is 17.1 Å². The van der Waals surface area contributed by atoms with E-state index in [2.05, 4.69) is 15.5 Å². The summed E-state index contributed by atoms with van der Waals surface area (Å²) in [6, 6.07) is 9.45. The van der Waals surface area contributed by atoms with Crippen LogP contribution in [0.4, 0.5) is 5.82 Å². The lowest BCUT2D eigenvalue weighted by Crippen LogP contribution is -2.24. The van der Waals surface area contributed by atoms with Crippen molar-refractivity contribution in [3.8, 4) is 0 Å². The molecule has 120 valence electrons. The van der Waals surface area contributed by atoms with E-state index in [4.69, 9.17) is 0 Å². The predicted octanol–water partition coefficient (Wildman–Crippen LogP) is 1.34. The Kier molecular flexibility index (Phi) is 4.01. The number of amides is 1. The van der Waals surface area contributed by atoms with E-state index < -0.39 is 10.0 Å². The first-order valence-corrected chi connectivity index (χ1v) is 8.83. The number of aromatic nitrogens is 2. The highest BCUT2D eigenvalue weighted by Gasteiger charge is 2.30. The Morgan fingerprint density at radius 1 is 1.30 bits per heavy atom. The number of fused-ring (bicyclic) bond motifs is 1. The fourth-order valence-corrected chi connectivity index (χ4v) is 3.07. The molecular weight excluding hydrogens is 316 g/mol. The summed E-state index contributed by atoms with van der Waals surface area (Å²) in [5.74, 6) is 0.0508. The van der Waals surface area contributed by atoms with Gasteiger partial charge in [-0.05, 0) is 11.6 Å². The molecule has 8 heteroatoms. The molecular formula is C15H16N4O3S. The number of hydrogen-bond donors (Lipinski definition) is 2. The number of anilines is 1. The molecule has 23 heavy (non-hydrogen) atoms. The number of rotatable bonds is 4. The summed E-state index contributed by atoms with van der Waals surface area (Å²) in [6.45, 7) is 0.458. The first kappa shape index (κ1) is 15.4. The molecule has 1 aliphatic rings. The maximum atomic E-state index is 12.0. The number of carbonyl (C=O) groups excluding carboxylic acids is 1. The van der Waals surface area contributed by atoms with Crippen LogP contribution in [0.25, 0.3) is 6.08 Å². The smallest absolute Gasteiger partial charge is 0.249 e. The van der Waals surface area contributed by atoms with Crippen molar-refractivity contribution in [2.24, 2.45) is 0 Å². The summed E-state index contributed by atoms with van der Waals surface area (Å²) in [7, 11) is -3.27. The number of nitrogens with zero attached hydrogens (tertiary/aromatic N) is 2. The van der Waals surface area contributed by atoms with Gasteiger partial charge in [-0.15, -0.1) is 0 Å². The Morgan fingerprint density at radius 2 is 2.04 bits per heavy atom. The minimum Gasteiger partial charge on any atom is -0.305 e. The van der Waals surface area contributed by atoms with Gasteiger partial charge in [-0.3, -0.25) is 9.89 Å². The number of benzene rings is 1. The topological polar surface area (TPSA) is 95.2 Å². The van der Waals surface area contributed by atoms with E-state index in [-0.39, 0.29) is 19.0 Å². The van der Waals surface area contributed by atoms with Crippen LogP contribution in [0.2, 0.25) is 0 Å². The molecule has 0 bridgehead atoms. The first-order chi connectivity index (χ1) is 10.9. The van der Waals surface area contributed by atoms with Crippen LogP contribution in [0.3, 0.4) is 0 Å². The van der Waals surface area contributed by atoms with Gasteiger partial charge >= 0.3 is 0 Å². The Balaban J connectivity index is 1.69. The second kappa shape index (κ2) is 5.98. The minimum absolute atomic E-state index is 0.211. The monoisotopic (exact) mass is 332 g/mol. The van der Waals surface area contributed by atoms with Crippen LogP contribution in [0.15, 0.2) is 36.4 Å². The van der Waals surface area contributed by atoms with Gasteiger partial charge in [0.2, 0.25) is 15.9 Å². The number of hydrogen-bond acceptors (Lipinski definition) is 4. The maximum absolute atomic E-state index is 12.0. The van der Waals surface area contributed by atoms with Gasteiger partial charge in [0.1, 0.15) is 0 Å². The van der Waals surface area contributed by atoms with E-state index in [1.807, 2.05) is 30.3 Å². The molecule has 0 saturated heterocycles. The molecule has 0 aliphatic carbocycles. The molecule has 1 aromatic heterocycles. The highest BCUT2D eigenvalue weighted by atomic mass is 32.2. The van der Waals surface area contributed by atoms with Crippen molar-refractivity contribution in [1.82, 2.24) is 14.5 Å². The third-order valence-corrected chi connectivity index (χ3v) is 4.76. The van der Waals surface area contributed by atoms with Gasteiger partial charge in [-0.2, -0.15) is 9.40 Å². The van der Waals surface area contributed by atoms with Crippen molar-refractivity contribution in [3.05, 3.63) is 53.2 Å². The first-order valence-electron chi connectivity index (χ1n) is 6.99. The van der Waals surface area contributed by atoms with Crippen LogP contribution in [0.1, 0.15) is 16.8 Å². The van der Waals surface area contributed by atoms with Gasteiger partial charge in [-0.1, -0.05) is 30.3 Å². The van der Waals surface area contributed by atoms with Crippen LogP contribution < -0.4 is 5.32 Å². The Bertz CT molecular complexity index is 856. The fraction of sp³-hybridized carbons (Fsp3) is 0.200. The van der Waals surface area contributed by atoms with Crippen molar-refractivity contribution >= 4 is 27.8 Å². The van der Waals surface area contributed by atoms with Gasteiger partial charge in [0.25, 0.3) is 0 Å². The van der Waals surface area contributed by atoms with Crippen molar-refractivity contribution in [2.75, 3.05) is 11.6 Å². The summed E-state index contributed by atoms with van der Waals surface area (Å²) in [5.41, 5.74) is 2.33. The second-order valence-corrected chi connectivity index (χ2v) is 7.28. The third-order valence-electron chi connectivity index (χ3n) is 3.56. The lowest BCUT2D eigenvalue weighted by Gasteiger charge is -2.11. The molecule has 2 heterocycles. The molecule has 2 N–H and O–H groups in total. The normalized spacial score (nSPS) is 15.0. The van der Waals surface area contributed by atoms with Crippen LogP contribution in [0, 0.1) is 0 Å². The van der Waals surface area contributed by atoms with Gasteiger partial charge in [-0.25, -0.2) is 8.42 Å². The zero-order valence-corrected chi connectivity index (χ0v) is 13.3. The van der Waals surface area contributed by atoms with Crippen LogP contribution in [-0.2, 0) is 27.9 Å². The molecule has 7 nitrogen and oxygen atoms in total. The maximum Gasteiger partial charge on any atom is 0.249 e. The highest BCUT2D eigenvalue weighted by Crippen LogP contribution is 2.28. The van der Waals surface area contributed by atoms with E-state index in [1.165, 1.54) is 10.4 Å². The summed E-state index contributed by atoms with van der Waals surface area (Å²) in [6.07, 6.45) is 4.28. The van der Waals surface area contributed by atoms with Crippen molar-refractivity contribution < 1.29 is 13.2 Å². The fourth-order valence-electron chi connectivity index (χ4n) is 2.34. The molecule has 0 unspecified atom stereocenters. The number of aromatic amines is 1.